The van der Waals surface area contributed by atoms with Gasteiger partial charge in [-0.2, -0.15) is 0 Å². The molecule has 0 bridgehead atoms. The molecule has 1 aromatic heterocycles. The minimum atomic E-state index is -0.297. The quantitative estimate of drug-likeness (QED) is 0.897. The lowest BCUT2D eigenvalue weighted by Gasteiger charge is -2.29. The summed E-state index contributed by atoms with van der Waals surface area (Å²) in [5.74, 6) is 0.000610. The summed E-state index contributed by atoms with van der Waals surface area (Å²) in [5, 5.41) is 0. The van der Waals surface area contributed by atoms with Crippen molar-refractivity contribution in [2.75, 3.05) is 0 Å². The van der Waals surface area contributed by atoms with Gasteiger partial charge in [-0.1, -0.05) is 24.3 Å². The molecular formula is C16H17FN2. The maximum Gasteiger partial charge on any atom is 0.146 e. The standard InChI is InChI=1S/C16H17FN2/c17-15-10-19-8-7-14(15)16(18)13-6-5-11-3-1-2-4-12(11)9-13/h1-4,7-8,10,13,16H,5-6,9,18H2. The molecule has 2 atom stereocenters. The number of rotatable bonds is 2. The van der Waals surface area contributed by atoms with Crippen molar-refractivity contribution in [2.45, 2.75) is 25.3 Å². The molecule has 1 heterocycles. The average molecular weight is 256 g/mol. The van der Waals surface area contributed by atoms with E-state index in [1.807, 2.05) is 0 Å². The molecule has 98 valence electrons. The van der Waals surface area contributed by atoms with Gasteiger partial charge in [0.2, 0.25) is 0 Å². The van der Waals surface area contributed by atoms with Crippen LogP contribution in [-0.2, 0) is 12.8 Å². The highest BCUT2D eigenvalue weighted by Crippen LogP contribution is 2.33. The molecule has 1 aliphatic carbocycles. The molecule has 0 fully saturated rings. The van der Waals surface area contributed by atoms with E-state index in [0.29, 0.717) is 11.5 Å². The summed E-state index contributed by atoms with van der Waals surface area (Å²) >= 11 is 0. The molecule has 2 aromatic rings. The van der Waals surface area contributed by atoms with Gasteiger partial charge in [-0.25, -0.2) is 4.39 Å². The number of nitrogens with zero attached hydrogens (tertiary/aromatic N) is 1. The Morgan fingerprint density at radius 1 is 1.21 bits per heavy atom. The SMILES string of the molecule is NC(c1ccncc1F)C1CCc2ccccc2C1. The molecule has 3 rings (SSSR count). The highest BCUT2D eigenvalue weighted by molar-refractivity contribution is 5.31. The molecule has 0 saturated carbocycles. The first-order chi connectivity index (χ1) is 9.25. The van der Waals surface area contributed by atoms with Crippen molar-refractivity contribution in [3.63, 3.8) is 0 Å². The van der Waals surface area contributed by atoms with Crippen LogP contribution in [0.1, 0.15) is 29.2 Å². The van der Waals surface area contributed by atoms with E-state index in [0.717, 1.165) is 19.3 Å². The molecule has 19 heavy (non-hydrogen) atoms. The number of halogens is 1. The highest BCUT2D eigenvalue weighted by Gasteiger charge is 2.26. The number of pyridine rings is 1. The van der Waals surface area contributed by atoms with Crippen molar-refractivity contribution in [1.82, 2.24) is 4.98 Å². The number of benzene rings is 1. The molecule has 0 spiro atoms. The Bertz CT molecular complexity index is 582. The molecule has 2 nitrogen and oxygen atoms in total. The van der Waals surface area contributed by atoms with E-state index in [1.165, 1.54) is 17.3 Å². The maximum absolute atomic E-state index is 13.7. The van der Waals surface area contributed by atoms with Gasteiger partial charge < -0.3 is 5.73 Å². The number of aryl methyl sites for hydroxylation is 1. The zero-order chi connectivity index (χ0) is 13.2. The highest BCUT2D eigenvalue weighted by atomic mass is 19.1. The molecule has 0 amide bonds. The largest absolute Gasteiger partial charge is 0.324 e. The molecule has 0 saturated heterocycles. The molecule has 3 heteroatoms. The predicted octanol–water partition coefficient (Wildman–Crippen LogP) is 3.03. The first kappa shape index (κ1) is 12.3. The van der Waals surface area contributed by atoms with E-state index in [4.69, 9.17) is 5.73 Å². The second kappa shape index (κ2) is 5.10. The predicted molar refractivity (Wildman–Crippen MR) is 73.1 cm³/mol. The molecule has 2 unspecified atom stereocenters. The summed E-state index contributed by atoms with van der Waals surface area (Å²) in [4.78, 5) is 3.78. The minimum absolute atomic E-state index is 0.253. The summed E-state index contributed by atoms with van der Waals surface area (Å²) in [6.45, 7) is 0. The van der Waals surface area contributed by atoms with Crippen molar-refractivity contribution >= 4 is 0 Å². The van der Waals surface area contributed by atoms with Crippen LogP contribution in [0.2, 0.25) is 0 Å². The van der Waals surface area contributed by atoms with Gasteiger partial charge in [-0.05, 0) is 42.4 Å². The van der Waals surface area contributed by atoms with Gasteiger partial charge in [-0.15, -0.1) is 0 Å². The van der Waals surface area contributed by atoms with Gasteiger partial charge in [0.15, 0.2) is 0 Å². The van der Waals surface area contributed by atoms with E-state index in [1.54, 1.807) is 12.3 Å². The Labute approximate surface area is 112 Å². The van der Waals surface area contributed by atoms with Gasteiger partial charge in [0.1, 0.15) is 5.82 Å². The lowest BCUT2D eigenvalue weighted by molar-refractivity contribution is 0.372. The maximum atomic E-state index is 13.7. The van der Waals surface area contributed by atoms with E-state index < -0.39 is 0 Å². The average Bonchev–Trinajstić information content (AvgIpc) is 2.46. The Hall–Kier alpha value is -1.74. The number of hydrogen-bond acceptors (Lipinski definition) is 2. The van der Waals surface area contributed by atoms with Crippen LogP contribution in [-0.4, -0.2) is 4.98 Å². The zero-order valence-corrected chi connectivity index (χ0v) is 10.7. The molecule has 1 aliphatic rings. The normalized spacial score (nSPS) is 19.8. The summed E-state index contributed by atoms with van der Waals surface area (Å²) in [6.07, 6.45) is 5.82. The van der Waals surface area contributed by atoms with Gasteiger partial charge in [0.25, 0.3) is 0 Å². The lowest BCUT2D eigenvalue weighted by atomic mass is 9.78. The fourth-order valence-corrected chi connectivity index (χ4v) is 2.94. The number of hydrogen-bond donors (Lipinski definition) is 1. The van der Waals surface area contributed by atoms with Gasteiger partial charge in [0.05, 0.1) is 6.20 Å². The van der Waals surface area contributed by atoms with E-state index in [2.05, 4.69) is 29.2 Å². The van der Waals surface area contributed by atoms with Gasteiger partial charge in [0, 0.05) is 17.8 Å². The van der Waals surface area contributed by atoms with Gasteiger partial charge >= 0.3 is 0 Å². The first-order valence-electron chi connectivity index (χ1n) is 6.67. The second-order valence-electron chi connectivity index (χ2n) is 5.19. The lowest BCUT2D eigenvalue weighted by Crippen LogP contribution is -2.27. The van der Waals surface area contributed by atoms with Crippen molar-refractivity contribution in [2.24, 2.45) is 11.7 Å². The fourth-order valence-electron chi connectivity index (χ4n) is 2.94. The van der Waals surface area contributed by atoms with E-state index in [9.17, 15) is 4.39 Å². The van der Waals surface area contributed by atoms with Crippen molar-refractivity contribution < 1.29 is 4.39 Å². The van der Waals surface area contributed by atoms with Crippen molar-refractivity contribution in [3.8, 4) is 0 Å². The van der Waals surface area contributed by atoms with Crippen LogP contribution in [0.25, 0.3) is 0 Å². The Morgan fingerprint density at radius 2 is 2.00 bits per heavy atom. The minimum Gasteiger partial charge on any atom is -0.324 e. The van der Waals surface area contributed by atoms with Crippen LogP contribution < -0.4 is 5.73 Å². The summed E-state index contributed by atoms with van der Waals surface area (Å²) in [5.41, 5.74) is 9.60. The Balaban J connectivity index is 1.83. The van der Waals surface area contributed by atoms with Gasteiger partial charge in [-0.3, -0.25) is 4.98 Å². The fraction of sp³-hybridized carbons (Fsp3) is 0.312. The van der Waals surface area contributed by atoms with E-state index in [-0.39, 0.29) is 11.9 Å². The Morgan fingerprint density at radius 3 is 2.79 bits per heavy atom. The summed E-state index contributed by atoms with van der Waals surface area (Å²) in [7, 11) is 0. The Kier molecular flexibility index (Phi) is 3.30. The molecular weight excluding hydrogens is 239 g/mol. The van der Waals surface area contributed by atoms with Crippen molar-refractivity contribution in [1.29, 1.82) is 0 Å². The second-order valence-corrected chi connectivity index (χ2v) is 5.19. The third-order valence-electron chi connectivity index (χ3n) is 4.06. The zero-order valence-electron chi connectivity index (χ0n) is 10.7. The monoisotopic (exact) mass is 256 g/mol. The van der Waals surface area contributed by atoms with Crippen LogP contribution >= 0.6 is 0 Å². The van der Waals surface area contributed by atoms with Crippen molar-refractivity contribution in [3.05, 3.63) is 65.2 Å². The summed E-state index contributed by atoms with van der Waals surface area (Å²) < 4.78 is 13.7. The van der Waals surface area contributed by atoms with Crippen LogP contribution in [0.15, 0.2) is 42.7 Å². The first-order valence-corrected chi connectivity index (χ1v) is 6.67. The third-order valence-corrected chi connectivity index (χ3v) is 4.06. The molecule has 0 aliphatic heterocycles. The number of fused-ring (bicyclic) bond motifs is 1. The van der Waals surface area contributed by atoms with E-state index >= 15 is 0 Å². The topological polar surface area (TPSA) is 38.9 Å². The smallest absolute Gasteiger partial charge is 0.146 e. The number of aromatic nitrogens is 1. The van der Waals surface area contributed by atoms with Crippen LogP contribution in [0, 0.1) is 11.7 Å². The van der Waals surface area contributed by atoms with Crippen LogP contribution in [0.5, 0.6) is 0 Å². The molecule has 1 aromatic carbocycles. The third kappa shape index (κ3) is 2.38. The summed E-state index contributed by atoms with van der Waals surface area (Å²) in [6, 6.07) is 9.89. The number of nitrogens with two attached hydrogens (primary N) is 1. The van der Waals surface area contributed by atoms with Crippen LogP contribution in [0.3, 0.4) is 0 Å². The molecule has 2 N–H and O–H groups in total. The molecule has 0 radical (unpaired) electrons. The van der Waals surface area contributed by atoms with Crippen LogP contribution in [0.4, 0.5) is 4.39 Å².